The summed E-state index contributed by atoms with van der Waals surface area (Å²) in [4.78, 5) is 32.1. The number of piperidine rings is 2. The number of aryl methyl sites for hydroxylation is 4. The van der Waals surface area contributed by atoms with Crippen LogP contribution < -0.4 is 0 Å². The Hall–Kier alpha value is -5.00. The maximum atomic E-state index is 13.7. The van der Waals surface area contributed by atoms with Crippen LogP contribution in [0.1, 0.15) is 95.2 Å². The number of likely N-dealkylation sites (tertiary alicyclic amines) is 2. The molecular formula is C52H62N2O8. The van der Waals surface area contributed by atoms with Crippen molar-refractivity contribution in [2.45, 2.75) is 101 Å². The van der Waals surface area contributed by atoms with Gasteiger partial charge in [-0.25, -0.2) is 9.59 Å². The molecule has 0 amide bonds. The van der Waals surface area contributed by atoms with Crippen molar-refractivity contribution in [3.05, 3.63) is 142 Å². The molecule has 2 aliphatic carbocycles. The van der Waals surface area contributed by atoms with E-state index in [2.05, 4.69) is 58.3 Å². The molecule has 0 spiro atoms. The molecule has 2 fully saturated rings. The Morgan fingerprint density at radius 1 is 0.597 bits per heavy atom. The van der Waals surface area contributed by atoms with E-state index >= 15 is 0 Å². The maximum absolute atomic E-state index is 13.7. The number of esters is 2. The number of hydrogen-bond acceptors (Lipinski definition) is 10. The molecule has 0 aromatic heterocycles. The summed E-state index contributed by atoms with van der Waals surface area (Å²) in [6.45, 7) is 8.36. The molecule has 4 aliphatic rings. The number of carbonyl (C=O) groups excluding carboxylic acids is 2. The highest BCUT2D eigenvalue weighted by molar-refractivity contribution is 5.92. The Morgan fingerprint density at radius 3 is 1.34 bits per heavy atom. The van der Waals surface area contributed by atoms with Gasteiger partial charge in [-0.15, -0.1) is 0 Å². The average molecular weight is 843 g/mol. The first-order valence-electron chi connectivity index (χ1n) is 22.5. The van der Waals surface area contributed by atoms with Gasteiger partial charge in [0.05, 0.1) is 12.2 Å². The molecule has 10 heteroatoms. The molecule has 8 rings (SSSR count). The van der Waals surface area contributed by atoms with E-state index in [1.807, 2.05) is 26.0 Å². The minimum Gasteiger partial charge on any atom is -0.508 e. The van der Waals surface area contributed by atoms with Gasteiger partial charge in [0.25, 0.3) is 0 Å². The second-order valence-corrected chi connectivity index (χ2v) is 18.7. The van der Waals surface area contributed by atoms with Crippen LogP contribution in [0.2, 0.25) is 0 Å². The van der Waals surface area contributed by atoms with Crippen molar-refractivity contribution in [2.24, 2.45) is 11.8 Å². The normalized spacial score (nSPS) is 23.6. The molecule has 4 atom stereocenters. The Bertz CT molecular complexity index is 2060. The quantitative estimate of drug-likeness (QED) is 0.0843. The van der Waals surface area contributed by atoms with E-state index in [-0.39, 0.29) is 23.3 Å². The number of aliphatic hydroxyl groups excluding tert-OH is 2. The lowest BCUT2D eigenvalue weighted by Crippen LogP contribution is -2.50. The van der Waals surface area contributed by atoms with Crippen molar-refractivity contribution in [3.8, 4) is 11.5 Å². The first-order chi connectivity index (χ1) is 29.8. The molecule has 4 N–H and O–H groups in total. The summed E-state index contributed by atoms with van der Waals surface area (Å²) in [7, 11) is 0. The number of carbonyl (C=O) groups is 2. The summed E-state index contributed by atoms with van der Waals surface area (Å²) >= 11 is 0. The topological polar surface area (TPSA) is 140 Å². The zero-order chi connectivity index (χ0) is 43.4. The number of phenolic OH excluding ortho intramolecular Hbond substituents is 2. The summed E-state index contributed by atoms with van der Waals surface area (Å²) in [5.74, 6) is -0.575. The SMILES string of the molecule is Cc1ccc(CC2(OC(=O)/C=C/C(=O)OC3(Cc4ccc(C)cc4)CCN(CC4CCc5cc(O)ccc5C4O)CC3)CCN(CC3CCc4cc(O)ccc4C3O)CC2)cc1. The molecular weight excluding hydrogens is 781 g/mol. The fraction of sp³-hybridized carbons (Fsp3) is 0.462. The predicted molar refractivity (Wildman–Crippen MR) is 238 cm³/mol. The molecule has 2 saturated heterocycles. The molecule has 4 aromatic rings. The lowest BCUT2D eigenvalue weighted by Gasteiger charge is -2.43. The van der Waals surface area contributed by atoms with Crippen LogP contribution in [-0.2, 0) is 44.7 Å². The molecule has 0 radical (unpaired) electrons. The number of benzene rings is 4. The highest BCUT2D eigenvalue weighted by atomic mass is 16.6. The van der Waals surface area contributed by atoms with Crippen molar-refractivity contribution >= 4 is 11.9 Å². The zero-order valence-corrected chi connectivity index (χ0v) is 36.2. The number of aliphatic hydroxyl groups is 2. The van der Waals surface area contributed by atoms with Gasteiger partial charge in [-0.2, -0.15) is 0 Å². The Kier molecular flexibility index (Phi) is 13.2. The van der Waals surface area contributed by atoms with Gasteiger partial charge >= 0.3 is 11.9 Å². The van der Waals surface area contributed by atoms with E-state index in [0.29, 0.717) is 64.7 Å². The number of rotatable bonds is 12. The van der Waals surface area contributed by atoms with E-state index in [9.17, 15) is 30.0 Å². The van der Waals surface area contributed by atoms with Crippen molar-refractivity contribution in [2.75, 3.05) is 39.3 Å². The minimum atomic E-state index is -0.762. The lowest BCUT2D eigenvalue weighted by molar-refractivity contribution is -0.162. The van der Waals surface area contributed by atoms with Crippen molar-refractivity contribution in [1.29, 1.82) is 0 Å². The summed E-state index contributed by atoms with van der Waals surface area (Å²) in [6.07, 6.45) is 8.08. The standard InChI is InChI=1S/C52H62N2O8/c1-35-3-7-37(8-4-35)31-51(21-25-53(26-22-51)33-41-13-11-39-29-43(55)15-17-45(39)49(41)59)61-47(57)19-20-48(58)62-52(32-38-9-5-36(2)6-10-38)23-27-54(28-24-52)34-42-14-12-40-30-44(56)16-18-46(40)50(42)60/h3-10,15-20,29-30,41-42,49-50,55-56,59-60H,11-14,21-28,31-34H2,1-2H3/b20-19+. The number of hydrogen-bond donors (Lipinski definition) is 4. The third kappa shape index (κ3) is 10.4. The number of fused-ring (bicyclic) bond motifs is 2. The summed E-state index contributed by atoms with van der Waals surface area (Å²) in [6, 6.07) is 27.1. The lowest BCUT2D eigenvalue weighted by atomic mass is 9.80. The molecule has 2 heterocycles. The van der Waals surface area contributed by atoms with Crippen LogP contribution in [0, 0.1) is 25.7 Å². The number of aromatic hydroxyl groups is 2. The summed E-state index contributed by atoms with van der Waals surface area (Å²) in [5, 5.41) is 42.4. The van der Waals surface area contributed by atoms with Crippen LogP contribution in [0.25, 0.3) is 0 Å². The first-order valence-corrected chi connectivity index (χ1v) is 22.5. The molecule has 62 heavy (non-hydrogen) atoms. The monoisotopic (exact) mass is 842 g/mol. The van der Waals surface area contributed by atoms with Gasteiger partial charge in [-0.1, -0.05) is 71.8 Å². The highest BCUT2D eigenvalue weighted by Gasteiger charge is 2.42. The third-order valence-corrected chi connectivity index (χ3v) is 14.2. The molecule has 4 unspecified atom stereocenters. The molecule has 328 valence electrons. The molecule has 10 nitrogen and oxygen atoms in total. The van der Waals surface area contributed by atoms with E-state index in [1.165, 1.54) is 12.2 Å². The number of ether oxygens (including phenoxy) is 2. The van der Waals surface area contributed by atoms with Crippen LogP contribution in [0.15, 0.2) is 97.1 Å². The fourth-order valence-electron chi connectivity index (χ4n) is 10.4. The highest BCUT2D eigenvalue weighted by Crippen LogP contribution is 2.40. The van der Waals surface area contributed by atoms with Crippen molar-refractivity contribution in [3.63, 3.8) is 0 Å². The van der Waals surface area contributed by atoms with Crippen molar-refractivity contribution < 1.29 is 39.5 Å². The molecule has 0 bridgehead atoms. The van der Waals surface area contributed by atoms with Crippen LogP contribution in [0.5, 0.6) is 11.5 Å². The van der Waals surface area contributed by atoms with Gasteiger partial charge in [0.1, 0.15) is 22.7 Å². The second-order valence-electron chi connectivity index (χ2n) is 18.7. The second kappa shape index (κ2) is 18.8. The maximum Gasteiger partial charge on any atom is 0.331 e. The van der Waals surface area contributed by atoms with E-state index < -0.39 is 35.3 Å². The van der Waals surface area contributed by atoms with Crippen LogP contribution in [-0.4, -0.2) is 92.6 Å². The third-order valence-electron chi connectivity index (χ3n) is 14.2. The Labute approximate surface area is 365 Å². The fourth-order valence-corrected chi connectivity index (χ4v) is 10.4. The Morgan fingerprint density at radius 2 is 0.968 bits per heavy atom. The average Bonchev–Trinajstić information content (AvgIpc) is 3.25. The smallest absolute Gasteiger partial charge is 0.331 e. The minimum absolute atomic E-state index is 0.0644. The van der Waals surface area contributed by atoms with Gasteiger partial charge in [0, 0.05) is 102 Å². The van der Waals surface area contributed by atoms with E-state index in [4.69, 9.17) is 9.47 Å². The first kappa shape index (κ1) is 43.6. The van der Waals surface area contributed by atoms with Gasteiger partial charge in [-0.3, -0.25) is 0 Å². The van der Waals surface area contributed by atoms with Gasteiger partial charge in [0.2, 0.25) is 0 Å². The zero-order valence-electron chi connectivity index (χ0n) is 36.2. The van der Waals surface area contributed by atoms with Gasteiger partial charge in [-0.05, 0) is 97.2 Å². The summed E-state index contributed by atoms with van der Waals surface area (Å²) in [5.41, 5.74) is 6.73. The van der Waals surface area contributed by atoms with Crippen LogP contribution in [0.3, 0.4) is 0 Å². The summed E-state index contributed by atoms with van der Waals surface area (Å²) < 4.78 is 12.7. The molecule has 2 aliphatic heterocycles. The predicted octanol–water partition coefficient (Wildman–Crippen LogP) is 7.40. The van der Waals surface area contributed by atoms with Crippen LogP contribution in [0.4, 0.5) is 0 Å². The largest absolute Gasteiger partial charge is 0.508 e. The van der Waals surface area contributed by atoms with E-state index in [1.54, 1.807) is 24.3 Å². The number of phenols is 2. The van der Waals surface area contributed by atoms with Gasteiger partial charge < -0.3 is 39.7 Å². The van der Waals surface area contributed by atoms with E-state index in [0.717, 1.165) is 83.3 Å². The Balaban J connectivity index is 0.904. The van der Waals surface area contributed by atoms with Crippen molar-refractivity contribution in [1.82, 2.24) is 9.80 Å². The molecule has 4 aromatic carbocycles. The van der Waals surface area contributed by atoms with Gasteiger partial charge in [0.15, 0.2) is 0 Å². The number of nitrogens with zero attached hydrogens (tertiary/aromatic N) is 2. The molecule has 0 saturated carbocycles. The van der Waals surface area contributed by atoms with Crippen LogP contribution >= 0.6 is 0 Å².